The highest BCUT2D eigenvalue weighted by atomic mass is 16.6. The highest BCUT2D eigenvalue weighted by Gasteiger charge is 2.34. The zero-order valence-corrected chi connectivity index (χ0v) is 18.7. The van der Waals surface area contributed by atoms with Crippen molar-refractivity contribution < 1.29 is 19.0 Å². The van der Waals surface area contributed by atoms with Crippen LogP contribution in [0.25, 0.3) is 0 Å². The summed E-state index contributed by atoms with van der Waals surface area (Å²) < 4.78 is 17.3. The van der Waals surface area contributed by atoms with Crippen molar-refractivity contribution in [2.75, 3.05) is 39.4 Å². The summed E-state index contributed by atoms with van der Waals surface area (Å²) in [4.78, 5) is 16.6. The molecule has 0 aliphatic carbocycles. The van der Waals surface area contributed by atoms with Crippen molar-refractivity contribution in [3.8, 4) is 17.6 Å². The van der Waals surface area contributed by atoms with E-state index in [1.807, 2.05) is 23.1 Å². The third-order valence-electron chi connectivity index (χ3n) is 6.90. The van der Waals surface area contributed by atoms with Crippen molar-refractivity contribution in [3.05, 3.63) is 59.7 Å². The molecule has 33 heavy (non-hydrogen) atoms. The van der Waals surface area contributed by atoms with Crippen LogP contribution >= 0.6 is 0 Å². The fourth-order valence-corrected chi connectivity index (χ4v) is 4.99. The number of nitrogens with zero attached hydrogens (tertiary/aromatic N) is 3. The van der Waals surface area contributed by atoms with Crippen LogP contribution in [-0.4, -0.2) is 61.4 Å². The lowest BCUT2D eigenvalue weighted by Gasteiger charge is -2.36. The number of hydrogen-bond acceptors (Lipinski definition) is 6. The zero-order chi connectivity index (χ0) is 22.6. The number of carbonyl (C=O) groups is 1. The summed E-state index contributed by atoms with van der Waals surface area (Å²) in [5.41, 5.74) is 1.71. The van der Waals surface area contributed by atoms with Gasteiger partial charge in [0.15, 0.2) is 11.5 Å². The normalized spacial score (nSPS) is 23.2. The standard InChI is InChI=1S/C26H29N3O4/c27-15-20-6-7-24-25(14-20)33-22(17-31-24)16-28-11-8-19(9-12-28)10-13-29-23(18-32-26(29)30)21-4-2-1-3-5-21/h1-7,14,19,22-23H,8-13,16-18H2. The second kappa shape index (κ2) is 9.72. The second-order valence-corrected chi connectivity index (χ2v) is 9.05. The first-order valence-corrected chi connectivity index (χ1v) is 11.7. The number of likely N-dealkylation sites (tertiary alicyclic amines) is 1. The molecule has 0 aromatic heterocycles. The topological polar surface area (TPSA) is 75.0 Å². The van der Waals surface area contributed by atoms with Crippen molar-refractivity contribution >= 4 is 6.09 Å². The molecule has 0 bridgehead atoms. The number of rotatable bonds is 6. The van der Waals surface area contributed by atoms with Gasteiger partial charge in [-0.25, -0.2) is 4.79 Å². The minimum atomic E-state index is -0.199. The predicted octanol–water partition coefficient (Wildman–Crippen LogP) is 3.99. The Hall–Kier alpha value is -3.24. The monoisotopic (exact) mass is 447 g/mol. The van der Waals surface area contributed by atoms with Gasteiger partial charge in [-0.1, -0.05) is 30.3 Å². The molecule has 3 heterocycles. The zero-order valence-electron chi connectivity index (χ0n) is 18.7. The van der Waals surface area contributed by atoms with Gasteiger partial charge in [-0.15, -0.1) is 0 Å². The SMILES string of the molecule is N#Cc1ccc2c(c1)OC(CN1CCC(CCN3C(=O)OCC3c3ccccc3)CC1)CO2. The summed E-state index contributed by atoms with van der Waals surface area (Å²) in [5.74, 6) is 1.97. The van der Waals surface area contributed by atoms with Gasteiger partial charge in [0.2, 0.25) is 0 Å². The van der Waals surface area contributed by atoms with Crippen molar-refractivity contribution in [1.29, 1.82) is 5.26 Å². The van der Waals surface area contributed by atoms with Crippen LogP contribution < -0.4 is 9.47 Å². The van der Waals surface area contributed by atoms with Gasteiger partial charge in [0, 0.05) is 19.2 Å². The largest absolute Gasteiger partial charge is 0.486 e. The van der Waals surface area contributed by atoms with Gasteiger partial charge in [0.1, 0.15) is 19.3 Å². The van der Waals surface area contributed by atoms with Gasteiger partial charge in [-0.3, -0.25) is 9.80 Å². The maximum Gasteiger partial charge on any atom is 0.410 e. The van der Waals surface area contributed by atoms with Gasteiger partial charge in [-0.2, -0.15) is 5.26 Å². The molecule has 2 atom stereocenters. The third kappa shape index (κ3) is 4.91. The molecule has 2 unspecified atom stereocenters. The van der Waals surface area contributed by atoms with Crippen LogP contribution in [0.15, 0.2) is 48.5 Å². The maximum absolute atomic E-state index is 12.3. The molecule has 2 aromatic carbocycles. The number of fused-ring (bicyclic) bond motifs is 1. The number of cyclic esters (lactones) is 1. The molecular formula is C26H29N3O4. The summed E-state index contributed by atoms with van der Waals surface area (Å²) in [6.07, 6.45) is 2.99. The smallest absolute Gasteiger partial charge is 0.410 e. The molecular weight excluding hydrogens is 418 g/mol. The highest BCUT2D eigenvalue weighted by Crippen LogP contribution is 2.33. The van der Waals surface area contributed by atoms with Crippen molar-refractivity contribution in [3.63, 3.8) is 0 Å². The van der Waals surface area contributed by atoms with Crippen molar-refractivity contribution in [2.24, 2.45) is 5.92 Å². The first-order chi connectivity index (χ1) is 16.2. The van der Waals surface area contributed by atoms with Gasteiger partial charge < -0.3 is 14.2 Å². The number of nitriles is 1. The quantitative estimate of drug-likeness (QED) is 0.667. The molecule has 7 heteroatoms. The molecule has 2 saturated heterocycles. The number of carbonyl (C=O) groups excluding carboxylic acids is 1. The molecule has 3 aliphatic heterocycles. The first kappa shape index (κ1) is 21.6. The second-order valence-electron chi connectivity index (χ2n) is 9.05. The van der Waals surface area contributed by atoms with E-state index in [0.717, 1.165) is 51.0 Å². The molecule has 5 rings (SSSR count). The van der Waals surface area contributed by atoms with Crippen LogP contribution in [0, 0.1) is 17.2 Å². The third-order valence-corrected chi connectivity index (χ3v) is 6.90. The fraction of sp³-hybridized carbons (Fsp3) is 0.462. The molecule has 7 nitrogen and oxygen atoms in total. The summed E-state index contributed by atoms with van der Waals surface area (Å²) in [7, 11) is 0. The highest BCUT2D eigenvalue weighted by molar-refractivity contribution is 5.70. The molecule has 0 radical (unpaired) electrons. The lowest BCUT2D eigenvalue weighted by molar-refractivity contribution is 0.0465. The number of hydrogen-bond donors (Lipinski definition) is 0. The van der Waals surface area contributed by atoms with E-state index >= 15 is 0 Å². The summed E-state index contributed by atoms with van der Waals surface area (Å²) in [5, 5.41) is 9.11. The molecule has 2 aromatic rings. The molecule has 2 fully saturated rings. The van der Waals surface area contributed by atoms with E-state index in [2.05, 4.69) is 23.1 Å². The first-order valence-electron chi connectivity index (χ1n) is 11.7. The van der Waals surface area contributed by atoms with E-state index in [1.165, 1.54) is 0 Å². The Morgan fingerprint density at radius 1 is 1.00 bits per heavy atom. The minimum absolute atomic E-state index is 0.0201. The number of piperidine rings is 1. The number of amides is 1. The Kier molecular flexibility index (Phi) is 6.36. The molecule has 0 saturated carbocycles. The van der Waals surface area contributed by atoms with Gasteiger partial charge in [0.05, 0.1) is 17.7 Å². The Balaban J connectivity index is 1.08. The van der Waals surface area contributed by atoms with E-state index in [0.29, 0.717) is 36.2 Å². The number of benzene rings is 2. The van der Waals surface area contributed by atoms with Crippen LogP contribution in [0.3, 0.4) is 0 Å². The minimum Gasteiger partial charge on any atom is -0.486 e. The van der Waals surface area contributed by atoms with E-state index < -0.39 is 0 Å². The Bertz CT molecular complexity index is 1010. The molecule has 3 aliphatic rings. The van der Waals surface area contributed by atoms with Crippen LogP contribution in [0.4, 0.5) is 4.79 Å². The fourth-order valence-electron chi connectivity index (χ4n) is 4.99. The number of ether oxygens (including phenoxy) is 3. The Morgan fingerprint density at radius 2 is 1.82 bits per heavy atom. The van der Waals surface area contributed by atoms with Crippen LogP contribution in [0.5, 0.6) is 11.5 Å². The predicted molar refractivity (Wildman–Crippen MR) is 122 cm³/mol. The van der Waals surface area contributed by atoms with E-state index in [9.17, 15) is 4.79 Å². The van der Waals surface area contributed by atoms with Crippen molar-refractivity contribution in [1.82, 2.24) is 9.80 Å². The molecule has 0 N–H and O–H groups in total. The molecule has 0 spiro atoms. The van der Waals surface area contributed by atoms with Crippen molar-refractivity contribution in [2.45, 2.75) is 31.4 Å². The van der Waals surface area contributed by atoms with E-state index in [4.69, 9.17) is 19.5 Å². The molecule has 172 valence electrons. The lowest BCUT2D eigenvalue weighted by Crippen LogP contribution is -2.44. The van der Waals surface area contributed by atoms with Crippen LogP contribution in [0.2, 0.25) is 0 Å². The van der Waals surface area contributed by atoms with Crippen LogP contribution in [0.1, 0.15) is 36.4 Å². The summed E-state index contributed by atoms with van der Waals surface area (Å²) >= 11 is 0. The average Bonchev–Trinajstić information content (AvgIpc) is 3.24. The van der Waals surface area contributed by atoms with Crippen LogP contribution in [-0.2, 0) is 4.74 Å². The Labute approximate surface area is 194 Å². The van der Waals surface area contributed by atoms with Gasteiger partial charge in [0.25, 0.3) is 0 Å². The van der Waals surface area contributed by atoms with E-state index in [-0.39, 0.29) is 18.2 Å². The molecule has 1 amide bonds. The van der Waals surface area contributed by atoms with Gasteiger partial charge in [-0.05, 0) is 56.0 Å². The Morgan fingerprint density at radius 3 is 2.61 bits per heavy atom. The average molecular weight is 448 g/mol. The lowest BCUT2D eigenvalue weighted by atomic mass is 9.93. The maximum atomic E-state index is 12.3. The summed E-state index contributed by atoms with van der Waals surface area (Å²) in [6, 6.07) is 17.6. The summed E-state index contributed by atoms with van der Waals surface area (Å²) in [6.45, 7) is 4.54. The van der Waals surface area contributed by atoms with E-state index in [1.54, 1.807) is 18.2 Å². The van der Waals surface area contributed by atoms with Gasteiger partial charge >= 0.3 is 6.09 Å².